The van der Waals surface area contributed by atoms with Crippen LogP contribution in [0.1, 0.15) is 31.2 Å². The molecule has 8 heteroatoms. The summed E-state index contributed by atoms with van der Waals surface area (Å²) in [5, 5.41) is 15.8. The van der Waals surface area contributed by atoms with E-state index in [1.807, 2.05) is 23.2 Å². The zero-order chi connectivity index (χ0) is 16.9. The Hall–Kier alpha value is -1.77. The number of thiazole rings is 1. The van der Waals surface area contributed by atoms with Crippen molar-refractivity contribution in [2.45, 2.75) is 25.4 Å². The number of aryl methyl sites for hydroxylation is 1. The molecule has 1 atom stereocenters. The fourth-order valence-corrected chi connectivity index (χ4v) is 3.64. The number of aliphatic hydroxyl groups is 1. The Morgan fingerprint density at radius 2 is 2.21 bits per heavy atom. The lowest BCUT2D eigenvalue weighted by atomic mass is 9.90. The van der Waals surface area contributed by atoms with Crippen LogP contribution in [0, 0.1) is 5.92 Å². The van der Waals surface area contributed by atoms with Gasteiger partial charge < -0.3 is 19.9 Å². The molecule has 2 aromatic rings. The number of carbonyl (C=O) groups excluding carboxylic acids is 1. The number of piperidine rings is 1. The zero-order valence-corrected chi connectivity index (χ0v) is 14.6. The summed E-state index contributed by atoms with van der Waals surface area (Å²) < 4.78 is 1.87. The SMILES string of the molecule is Cn1ccnc1[C@@H](O)C1CCN(CCC(=O)Nc2nccs2)CC1. The van der Waals surface area contributed by atoms with Crippen LogP contribution >= 0.6 is 11.3 Å². The zero-order valence-electron chi connectivity index (χ0n) is 13.8. The number of aromatic nitrogens is 3. The van der Waals surface area contributed by atoms with E-state index in [-0.39, 0.29) is 11.8 Å². The highest BCUT2D eigenvalue weighted by atomic mass is 32.1. The molecule has 1 fully saturated rings. The van der Waals surface area contributed by atoms with Gasteiger partial charge in [-0.05, 0) is 31.8 Å². The van der Waals surface area contributed by atoms with Gasteiger partial charge >= 0.3 is 0 Å². The maximum Gasteiger partial charge on any atom is 0.227 e. The lowest BCUT2D eigenvalue weighted by molar-refractivity contribution is -0.116. The van der Waals surface area contributed by atoms with Crippen LogP contribution in [-0.4, -0.2) is 50.1 Å². The third kappa shape index (κ3) is 4.19. The van der Waals surface area contributed by atoms with E-state index in [1.165, 1.54) is 11.3 Å². The minimum absolute atomic E-state index is 0.000110. The Labute approximate surface area is 145 Å². The number of amides is 1. The van der Waals surface area contributed by atoms with Gasteiger partial charge in [0.15, 0.2) is 5.13 Å². The summed E-state index contributed by atoms with van der Waals surface area (Å²) in [6.07, 6.45) is 7.04. The molecule has 2 N–H and O–H groups in total. The second kappa shape index (κ2) is 7.87. The number of imidazole rings is 1. The van der Waals surface area contributed by atoms with E-state index < -0.39 is 6.10 Å². The second-order valence-electron chi connectivity index (χ2n) is 6.16. The van der Waals surface area contributed by atoms with Crippen molar-refractivity contribution >= 4 is 22.4 Å². The maximum atomic E-state index is 11.9. The molecule has 1 aliphatic heterocycles. The average molecular weight is 349 g/mol. The van der Waals surface area contributed by atoms with E-state index in [4.69, 9.17) is 0 Å². The summed E-state index contributed by atoms with van der Waals surface area (Å²) in [7, 11) is 1.90. The standard InChI is InChI=1S/C16H23N5O2S/c1-20-10-5-17-15(20)14(23)12-2-7-21(8-3-12)9-4-13(22)19-16-18-6-11-24-16/h5-6,10-12,14,23H,2-4,7-9H2,1H3,(H,18,19,22)/t14-/m0/s1. The monoisotopic (exact) mass is 349 g/mol. The van der Waals surface area contributed by atoms with Crippen LogP contribution in [0.4, 0.5) is 5.13 Å². The highest BCUT2D eigenvalue weighted by molar-refractivity contribution is 7.13. The third-order valence-electron chi connectivity index (χ3n) is 4.54. The first kappa shape index (κ1) is 17.1. The molecule has 0 unspecified atom stereocenters. The first-order valence-corrected chi connectivity index (χ1v) is 9.08. The predicted octanol–water partition coefficient (Wildman–Crippen LogP) is 1.65. The Bertz CT molecular complexity index is 649. The van der Waals surface area contributed by atoms with Gasteiger partial charge in [-0.1, -0.05) is 0 Å². The first-order valence-electron chi connectivity index (χ1n) is 8.20. The minimum Gasteiger partial charge on any atom is -0.385 e. The molecule has 0 aliphatic carbocycles. The van der Waals surface area contributed by atoms with Gasteiger partial charge in [-0.2, -0.15) is 0 Å². The average Bonchev–Trinajstić information content (AvgIpc) is 3.24. The summed E-state index contributed by atoms with van der Waals surface area (Å²) in [5.74, 6) is 0.961. The van der Waals surface area contributed by atoms with E-state index in [0.717, 1.165) is 38.3 Å². The number of hydrogen-bond donors (Lipinski definition) is 2. The van der Waals surface area contributed by atoms with Crippen molar-refractivity contribution in [2.75, 3.05) is 25.0 Å². The van der Waals surface area contributed by atoms with E-state index in [1.54, 1.807) is 12.4 Å². The topological polar surface area (TPSA) is 83.3 Å². The fraction of sp³-hybridized carbons (Fsp3) is 0.562. The van der Waals surface area contributed by atoms with Crippen molar-refractivity contribution in [1.29, 1.82) is 0 Å². The van der Waals surface area contributed by atoms with E-state index >= 15 is 0 Å². The number of likely N-dealkylation sites (tertiary alicyclic amines) is 1. The second-order valence-corrected chi connectivity index (χ2v) is 7.05. The van der Waals surface area contributed by atoms with Gasteiger partial charge in [0.05, 0.1) is 0 Å². The molecule has 0 radical (unpaired) electrons. The van der Waals surface area contributed by atoms with Gasteiger partial charge in [0.1, 0.15) is 11.9 Å². The molecule has 3 rings (SSSR count). The van der Waals surface area contributed by atoms with Gasteiger partial charge in [-0.15, -0.1) is 11.3 Å². The van der Waals surface area contributed by atoms with Crippen LogP contribution in [0.5, 0.6) is 0 Å². The smallest absolute Gasteiger partial charge is 0.227 e. The van der Waals surface area contributed by atoms with Crippen molar-refractivity contribution in [2.24, 2.45) is 13.0 Å². The quantitative estimate of drug-likeness (QED) is 0.828. The number of anilines is 1. The number of aliphatic hydroxyl groups excluding tert-OH is 1. The molecular weight excluding hydrogens is 326 g/mol. The van der Waals surface area contributed by atoms with Crippen LogP contribution in [0.2, 0.25) is 0 Å². The first-order chi connectivity index (χ1) is 11.6. The normalized spacial score (nSPS) is 17.8. The predicted molar refractivity (Wildman–Crippen MR) is 92.7 cm³/mol. The van der Waals surface area contributed by atoms with Crippen LogP contribution in [0.15, 0.2) is 24.0 Å². The Morgan fingerprint density at radius 3 is 2.83 bits per heavy atom. The molecule has 1 saturated heterocycles. The fourth-order valence-electron chi connectivity index (χ4n) is 3.09. The number of hydrogen-bond acceptors (Lipinski definition) is 6. The van der Waals surface area contributed by atoms with Crippen molar-refractivity contribution in [3.8, 4) is 0 Å². The molecular formula is C16H23N5O2S. The Kier molecular flexibility index (Phi) is 5.60. The maximum absolute atomic E-state index is 11.9. The molecule has 0 spiro atoms. The van der Waals surface area contributed by atoms with E-state index in [0.29, 0.717) is 11.6 Å². The summed E-state index contributed by atoms with van der Waals surface area (Å²) in [4.78, 5) is 22.5. The molecule has 24 heavy (non-hydrogen) atoms. The molecule has 0 saturated carbocycles. The Balaban J connectivity index is 1.40. The lowest BCUT2D eigenvalue weighted by Crippen LogP contribution is -2.37. The van der Waals surface area contributed by atoms with Crippen molar-refractivity contribution in [1.82, 2.24) is 19.4 Å². The molecule has 2 aromatic heterocycles. The van der Waals surface area contributed by atoms with Crippen LogP contribution in [-0.2, 0) is 11.8 Å². The molecule has 3 heterocycles. The van der Waals surface area contributed by atoms with Crippen LogP contribution in [0.25, 0.3) is 0 Å². The van der Waals surface area contributed by atoms with Gasteiger partial charge in [0.25, 0.3) is 0 Å². The van der Waals surface area contributed by atoms with Gasteiger partial charge in [0, 0.05) is 44.0 Å². The largest absolute Gasteiger partial charge is 0.385 e. The highest BCUT2D eigenvalue weighted by Crippen LogP contribution is 2.29. The Morgan fingerprint density at radius 1 is 1.42 bits per heavy atom. The molecule has 1 aliphatic rings. The summed E-state index contributed by atoms with van der Waals surface area (Å²) in [6.45, 7) is 2.54. The minimum atomic E-state index is -0.514. The molecule has 0 aromatic carbocycles. The molecule has 1 amide bonds. The van der Waals surface area contributed by atoms with Gasteiger partial charge in [0.2, 0.25) is 5.91 Å². The summed E-state index contributed by atoms with van der Waals surface area (Å²) in [6, 6.07) is 0. The van der Waals surface area contributed by atoms with Crippen molar-refractivity contribution in [3.63, 3.8) is 0 Å². The lowest BCUT2D eigenvalue weighted by Gasteiger charge is -2.33. The molecule has 0 bridgehead atoms. The van der Waals surface area contributed by atoms with Gasteiger partial charge in [-0.3, -0.25) is 4.79 Å². The number of rotatable bonds is 6. The van der Waals surface area contributed by atoms with Crippen molar-refractivity contribution < 1.29 is 9.90 Å². The molecule has 7 nitrogen and oxygen atoms in total. The number of carbonyl (C=O) groups is 1. The summed E-state index contributed by atoms with van der Waals surface area (Å²) in [5.41, 5.74) is 0. The summed E-state index contributed by atoms with van der Waals surface area (Å²) >= 11 is 1.42. The van der Waals surface area contributed by atoms with Crippen molar-refractivity contribution in [3.05, 3.63) is 29.8 Å². The van der Waals surface area contributed by atoms with Crippen LogP contribution in [0.3, 0.4) is 0 Å². The number of nitrogens with one attached hydrogen (secondary N) is 1. The number of nitrogens with zero attached hydrogens (tertiary/aromatic N) is 4. The van der Waals surface area contributed by atoms with Crippen LogP contribution < -0.4 is 5.32 Å². The van der Waals surface area contributed by atoms with E-state index in [9.17, 15) is 9.90 Å². The molecule has 130 valence electrons. The third-order valence-corrected chi connectivity index (χ3v) is 5.22. The van der Waals surface area contributed by atoms with Gasteiger partial charge in [-0.25, -0.2) is 9.97 Å². The highest BCUT2D eigenvalue weighted by Gasteiger charge is 2.28. The van der Waals surface area contributed by atoms with E-state index in [2.05, 4.69) is 20.2 Å².